The van der Waals surface area contributed by atoms with Crippen LogP contribution in [0.2, 0.25) is 0 Å². The molecule has 204 valence electrons. The third-order valence-corrected chi connectivity index (χ3v) is 7.01. The Hall–Kier alpha value is -4.19. The van der Waals surface area contributed by atoms with Crippen molar-refractivity contribution in [1.29, 1.82) is 0 Å². The fourth-order valence-electron chi connectivity index (χ4n) is 4.95. The zero-order valence-electron chi connectivity index (χ0n) is 22.9. The molecule has 5 nitrogen and oxygen atoms in total. The van der Waals surface area contributed by atoms with Crippen LogP contribution in [0.5, 0.6) is 5.75 Å². The zero-order chi connectivity index (χ0) is 27.7. The Bertz CT molecular complexity index is 1440. The van der Waals surface area contributed by atoms with E-state index in [0.29, 0.717) is 26.2 Å². The van der Waals surface area contributed by atoms with Crippen molar-refractivity contribution in [2.45, 2.75) is 25.6 Å². The Labute approximate surface area is 236 Å². The van der Waals surface area contributed by atoms with Gasteiger partial charge in [0, 0.05) is 13.5 Å². The first kappa shape index (κ1) is 27.4. The van der Waals surface area contributed by atoms with E-state index < -0.39 is 6.10 Å². The molecule has 0 saturated carbocycles. The van der Waals surface area contributed by atoms with Crippen molar-refractivity contribution in [3.05, 3.63) is 125 Å². The van der Waals surface area contributed by atoms with Gasteiger partial charge in [-0.3, -0.25) is 0 Å². The summed E-state index contributed by atoms with van der Waals surface area (Å²) >= 11 is 0. The summed E-state index contributed by atoms with van der Waals surface area (Å²) in [7, 11) is 1.52. The van der Waals surface area contributed by atoms with Gasteiger partial charge in [0.25, 0.3) is 0 Å². The van der Waals surface area contributed by atoms with Gasteiger partial charge >= 0.3 is 5.97 Å². The van der Waals surface area contributed by atoms with E-state index in [4.69, 9.17) is 18.9 Å². The van der Waals surface area contributed by atoms with Crippen LogP contribution >= 0.6 is 0 Å². The summed E-state index contributed by atoms with van der Waals surface area (Å²) in [5.41, 5.74) is 7.89. The molecular weight excluding hydrogens is 500 g/mol. The van der Waals surface area contributed by atoms with Gasteiger partial charge in [0.2, 0.25) is 0 Å². The van der Waals surface area contributed by atoms with Crippen molar-refractivity contribution in [3.63, 3.8) is 0 Å². The topological polar surface area (TPSA) is 54.0 Å². The van der Waals surface area contributed by atoms with Crippen LogP contribution in [-0.4, -0.2) is 39.0 Å². The fraction of sp³-hybridized carbons (Fsp3) is 0.229. The van der Waals surface area contributed by atoms with E-state index in [0.717, 1.165) is 39.1 Å². The monoisotopic (exact) mass is 534 g/mol. The van der Waals surface area contributed by atoms with Gasteiger partial charge in [-0.25, -0.2) is 4.79 Å². The van der Waals surface area contributed by atoms with Crippen LogP contribution in [0.3, 0.4) is 0 Å². The molecule has 4 aromatic rings. The highest BCUT2D eigenvalue weighted by Gasteiger charge is 2.23. The van der Waals surface area contributed by atoms with Crippen molar-refractivity contribution in [2.75, 3.05) is 26.9 Å². The number of benzene rings is 4. The number of esters is 1. The number of carbonyl (C=O) groups excluding carboxylic acids is 1. The Balaban J connectivity index is 1.26. The molecule has 2 unspecified atom stereocenters. The minimum Gasteiger partial charge on any atom is -0.491 e. The summed E-state index contributed by atoms with van der Waals surface area (Å²) in [6, 6.07) is 33.1. The lowest BCUT2D eigenvalue weighted by Gasteiger charge is -2.22. The van der Waals surface area contributed by atoms with Crippen LogP contribution in [0, 0.1) is 0 Å². The third kappa shape index (κ3) is 6.50. The number of rotatable bonds is 11. The Kier molecular flexibility index (Phi) is 9.07. The Morgan fingerprint density at radius 2 is 1.50 bits per heavy atom. The molecule has 0 fully saturated rings. The van der Waals surface area contributed by atoms with Crippen LogP contribution in [0.4, 0.5) is 0 Å². The molecule has 4 aromatic carbocycles. The molecule has 0 heterocycles. The molecule has 0 spiro atoms. The van der Waals surface area contributed by atoms with Crippen molar-refractivity contribution in [1.82, 2.24) is 0 Å². The third-order valence-electron chi connectivity index (χ3n) is 7.01. The maximum Gasteiger partial charge on any atom is 0.335 e. The molecule has 0 N–H and O–H groups in total. The first-order valence-electron chi connectivity index (χ1n) is 13.7. The molecule has 0 bridgehead atoms. The molecule has 1 aliphatic carbocycles. The number of carbonyl (C=O) groups is 1. The highest BCUT2D eigenvalue weighted by molar-refractivity contribution is 5.78. The quantitative estimate of drug-likeness (QED) is 0.151. The van der Waals surface area contributed by atoms with E-state index in [-0.39, 0.29) is 12.1 Å². The summed E-state index contributed by atoms with van der Waals surface area (Å²) in [5.74, 6) is 0.391. The van der Waals surface area contributed by atoms with Crippen LogP contribution < -0.4 is 4.74 Å². The predicted octanol–water partition coefficient (Wildman–Crippen LogP) is 7.14. The standard InChI is InChI=1S/C35H34O5/c1-3-38-35(36)33(37-2)23-25-13-19-30(20-14-25)39-21-22-40-34-31-12-8-7-11-27(31)15-16-28-17-18-29(24-32(28)34)26-9-5-4-6-10-26/h4-20,24,33-34H,3,21-23H2,1-2H3. The van der Waals surface area contributed by atoms with Gasteiger partial charge in [0.1, 0.15) is 18.5 Å². The lowest BCUT2D eigenvalue weighted by Crippen LogP contribution is -2.27. The second kappa shape index (κ2) is 13.2. The lowest BCUT2D eigenvalue weighted by atomic mass is 9.93. The average Bonchev–Trinajstić information content (AvgIpc) is 3.15. The predicted molar refractivity (Wildman–Crippen MR) is 158 cm³/mol. The van der Waals surface area contributed by atoms with Gasteiger partial charge in [0.05, 0.1) is 13.2 Å². The van der Waals surface area contributed by atoms with E-state index in [9.17, 15) is 4.79 Å². The summed E-state index contributed by atoms with van der Waals surface area (Å²) in [6.07, 6.45) is 3.93. The SMILES string of the molecule is CCOC(=O)C(Cc1ccc(OCCOC2c3ccccc3C=Cc3ccc(-c4ccccc4)cc32)cc1)OC. The smallest absolute Gasteiger partial charge is 0.335 e. The number of methoxy groups -OCH3 is 1. The highest BCUT2D eigenvalue weighted by Crippen LogP contribution is 2.37. The van der Waals surface area contributed by atoms with E-state index in [2.05, 4.69) is 78.9 Å². The van der Waals surface area contributed by atoms with Crippen molar-refractivity contribution >= 4 is 18.1 Å². The molecule has 1 aliphatic rings. The van der Waals surface area contributed by atoms with Gasteiger partial charge in [-0.15, -0.1) is 0 Å². The second-order valence-electron chi connectivity index (χ2n) is 9.60. The maximum absolute atomic E-state index is 12.0. The minimum absolute atomic E-state index is 0.218. The van der Waals surface area contributed by atoms with Gasteiger partial charge in [-0.1, -0.05) is 91.0 Å². The zero-order valence-corrected chi connectivity index (χ0v) is 22.9. The van der Waals surface area contributed by atoms with Crippen molar-refractivity contribution in [2.24, 2.45) is 0 Å². The van der Waals surface area contributed by atoms with E-state index in [1.807, 2.05) is 30.3 Å². The second-order valence-corrected chi connectivity index (χ2v) is 9.60. The summed E-state index contributed by atoms with van der Waals surface area (Å²) in [4.78, 5) is 12.0. The van der Waals surface area contributed by atoms with Gasteiger partial charge in [-0.05, 0) is 64.1 Å². The largest absolute Gasteiger partial charge is 0.491 e. The molecule has 0 aromatic heterocycles. The van der Waals surface area contributed by atoms with Crippen LogP contribution in [-0.2, 0) is 25.4 Å². The lowest BCUT2D eigenvalue weighted by molar-refractivity contribution is -0.154. The van der Waals surface area contributed by atoms with E-state index >= 15 is 0 Å². The van der Waals surface area contributed by atoms with Gasteiger partial charge < -0.3 is 18.9 Å². The van der Waals surface area contributed by atoms with Gasteiger partial charge in [-0.2, -0.15) is 0 Å². The normalized spacial score (nSPS) is 14.5. The number of ether oxygens (including phenoxy) is 4. The molecule has 0 saturated heterocycles. The van der Waals surface area contributed by atoms with Crippen molar-refractivity contribution < 1.29 is 23.7 Å². The van der Waals surface area contributed by atoms with E-state index in [1.54, 1.807) is 6.92 Å². The molecule has 0 amide bonds. The molecule has 40 heavy (non-hydrogen) atoms. The molecule has 0 radical (unpaired) electrons. The first-order chi connectivity index (χ1) is 19.7. The molecule has 5 rings (SSSR count). The maximum atomic E-state index is 12.0. The average molecular weight is 535 g/mol. The summed E-state index contributed by atoms with van der Waals surface area (Å²) < 4.78 is 22.9. The van der Waals surface area contributed by atoms with Crippen LogP contribution in [0.25, 0.3) is 23.3 Å². The van der Waals surface area contributed by atoms with Gasteiger partial charge in [0.15, 0.2) is 6.10 Å². The molecule has 5 heteroatoms. The number of fused-ring (bicyclic) bond motifs is 2. The van der Waals surface area contributed by atoms with Crippen LogP contribution in [0.15, 0.2) is 97.1 Å². The number of hydrogen-bond acceptors (Lipinski definition) is 5. The molecule has 2 atom stereocenters. The summed E-state index contributed by atoms with van der Waals surface area (Å²) in [6.45, 7) is 2.94. The highest BCUT2D eigenvalue weighted by atomic mass is 16.6. The Morgan fingerprint density at radius 1 is 0.775 bits per heavy atom. The molecule has 0 aliphatic heterocycles. The Morgan fingerprint density at radius 3 is 2.25 bits per heavy atom. The van der Waals surface area contributed by atoms with Crippen molar-refractivity contribution in [3.8, 4) is 16.9 Å². The summed E-state index contributed by atoms with van der Waals surface area (Å²) in [5, 5.41) is 0. The fourth-order valence-corrected chi connectivity index (χ4v) is 4.95. The van der Waals surface area contributed by atoms with Crippen LogP contribution in [0.1, 0.15) is 40.8 Å². The van der Waals surface area contributed by atoms with E-state index in [1.165, 1.54) is 12.7 Å². The first-order valence-corrected chi connectivity index (χ1v) is 13.7. The minimum atomic E-state index is -0.623. The number of hydrogen-bond donors (Lipinski definition) is 0. The molecular formula is C35H34O5.